The van der Waals surface area contributed by atoms with Crippen LogP contribution in [0.1, 0.15) is 6.42 Å². The van der Waals surface area contributed by atoms with E-state index in [1.165, 1.54) is 7.11 Å². The van der Waals surface area contributed by atoms with E-state index in [9.17, 15) is 18.0 Å². The largest absolute Gasteiger partial charge is 0.398 e. The summed E-state index contributed by atoms with van der Waals surface area (Å²) in [6.45, 7) is -0.967. The zero-order valence-electron chi connectivity index (χ0n) is 9.01. The first-order chi connectivity index (χ1) is 7.36. The molecule has 0 radical (unpaired) electrons. The fourth-order valence-electron chi connectivity index (χ4n) is 1.92. The van der Waals surface area contributed by atoms with Crippen molar-refractivity contribution in [2.45, 2.75) is 12.6 Å². The smallest absolute Gasteiger partial charge is 0.384 e. The van der Waals surface area contributed by atoms with Gasteiger partial charge in [0.2, 0.25) is 5.91 Å². The lowest BCUT2D eigenvalue weighted by atomic mass is 9.87. The maximum Gasteiger partial charge on any atom is 0.398 e. The van der Waals surface area contributed by atoms with Gasteiger partial charge in [-0.25, -0.2) is 0 Å². The number of amides is 1. The predicted octanol–water partition coefficient (Wildman–Crippen LogP) is 0.373. The summed E-state index contributed by atoms with van der Waals surface area (Å²) in [4.78, 5) is 12.4. The molecule has 0 aromatic rings. The summed E-state index contributed by atoms with van der Waals surface area (Å²) in [5, 5.41) is 0. The lowest BCUT2D eigenvalue weighted by Gasteiger charge is -2.30. The monoisotopic (exact) mass is 240 g/mol. The molecule has 4 nitrogen and oxygen atoms in total. The van der Waals surface area contributed by atoms with Gasteiger partial charge in [-0.15, -0.1) is 0 Å². The molecule has 1 fully saturated rings. The molecule has 0 aromatic heterocycles. The summed E-state index contributed by atoms with van der Waals surface area (Å²) in [5.41, 5.74) is 3.18. The van der Waals surface area contributed by atoms with Gasteiger partial charge in [0.25, 0.3) is 0 Å². The molecular formula is C9H15F3N2O2. The Kier molecular flexibility index (Phi) is 3.80. The minimum Gasteiger partial charge on any atom is -0.384 e. The summed E-state index contributed by atoms with van der Waals surface area (Å²) in [7, 11) is 1.22. The van der Waals surface area contributed by atoms with Gasteiger partial charge in [0, 0.05) is 20.2 Å². The molecule has 7 heteroatoms. The first kappa shape index (κ1) is 13.2. The van der Waals surface area contributed by atoms with E-state index in [-0.39, 0.29) is 26.1 Å². The van der Waals surface area contributed by atoms with Crippen LogP contribution in [0.3, 0.4) is 0 Å². The summed E-state index contributed by atoms with van der Waals surface area (Å²) in [5.74, 6) is -0.456. The maximum absolute atomic E-state index is 12.9. The van der Waals surface area contributed by atoms with Crippen LogP contribution in [0.2, 0.25) is 0 Å². The maximum atomic E-state index is 12.9. The zero-order valence-corrected chi connectivity index (χ0v) is 9.01. The zero-order chi connectivity index (χ0) is 12.4. The number of nitrogens with zero attached hydrogens (tertiary/aromatic N) is 1. The number of carbonyl (C=O) groups is 1. The van der Waals surface area contributed by atoms with E-state index in [0.29, 0.717) is 0 Å². The summed E-state index contributed by atoms with van der Waals surface area (Å²) in [6.07, 6.45) is -4.50. The minimum absolute atomic E-state index is 0.0822. The number of methoxy groups -OCH3 is 1. The number of rotatable bonds is 3. The van der Waals surface area contributed by atoms with Crippen LogP contribution in [0.4, 0.5) is 13.2 Å². The number of nitrogens with two attached hydrogens (primary N) is 1. The van der Waals surface area contributed by atoms with Crippen molar-refractivity contribution >= 4 is 5.91 Å². The number of alkyl halides is 3. The molecule has 0 bridgehead atoms. The van der Waals surface area contributed by atoms with Gasteiger partial charge in [-0.05, 0) is 6.42 Å². The minimum atomic E-state index is -4.37. The Hall–Kier alpha value is -0.820. The molecule has 1 amide bonds. The molecule has 0 unspecified atom stereocenters. The Morgan fingerprint density at radius 3 is 2.62 bits per heavy atom. The second kappa shape index (κ2) is 4.58. The van der Waals surface area contributed by atoms with Crippen LogP contribution in [0.5, 0.6) is 0 Å². The van der Waals surface area contributed by atoms with E-state index in [0.717, 1.165) is 4.90 Å². The molecule has 1 rings (SSSR count). The normalized spacial score (nSPS) is 26.2. The first-order valence-corrected chi connectivity index (χ1v) is 4.90. The van der Waals surface area contributed by atoms with Gasteiger partial charge in [-0.3, -0.25) is 4.79 Å². The molecular weight excluding hydrogens is 225 g/mol. The molecule has 1 saturated heterocycles. The van der Waals surface area contributed by atoms with Crippen molar-refractivity contribution in [3.63, 3.8) is 0 Å². The van der Waals surface area contributed by atoms with Crippen LogP contribution in [0, 0.1) is 5.41 Å². The molecule has 1 heterocycles. The third kappa shape index (κ3) is 2.30. The van der Waals surface area contributed by atoms with E-state index in [1.807, 2.05) is 0 Å². The Morgan fingerprint density at radius 1 is 1.56 bits per heavy atom. The Bertz CT molecular complexity index is 270. The van der Waals surface area contributed by atoms with E-state index >= 15 is 0 Å². The van der Waals surface area contributed by atoms with Gasteiger partial charge in [0.15, 0.2) is 0 Å². The second-order valence-electron chi connectivity index (χ2n) is 3.98. The van der Waals surface area contributed by atoms with E-state index in [4.69, 9.17) is 5.73 Å². The number of halogens is 3. The highest BCUT2D eigenvalue weighted by molar-refractivity contribution is 5.78. The van der Waals surface area contributed by atoms with Gasteiger partial charge < -0.3 is 15.4 Å². The van der Waals surface area contributed by atoms with Crippen LogP contribution in [-0.4, -0.2) is 50.3 Å². The third-order valence-corrected chi connectivity index (χ3v) is 2.90. The van der Waals surface area contributed by atoms with Crippen LogP contribution in [-0.2, 0) is 9.53 Å². The highest BCUT2D eigenvalue weighted by Gasteiger charge is 2.58. The molecule has 2 N–H and O–H groups in total. The summed E-state index contributed by atoms with van der Waals surface area (Å²) < 4.78 is 43.3. The van der Waals surface area contributed by atoms with Gasteiger partial charge >= 0.3 is 6.18 Å². The van der Waals surface area contributed by atoms with Crippen molar-refractivity contribution in [3.05, 3.63) is 0 Å². The molecule has 1 aliphatic heterocycles. The van der Waals surface area contributed by atoms with Gasteiger partial charge in [0.1, 0.15) is 5.41 Å². The molecule has 1 aliphatic rings. The Morgan fingerprint density at radius 2 is 2.19 bits per heavy atom. The number of hydrogen-bond donors (Lipinski definition) is 1. The van der Waals surface area contributed by atoms with Gasteiger partial charge in [-0.1, -0.05) is 0 Å². The average molecular weight is 240 g/mol. The van der Waals surface area contributed by atoms with Crippen LogP contribution in [0.15, 0.2) is 0 Å². The molecule has 0 aromatic carbocycles. The van der Waals surface area contributed by atoms with Crippen molar-refractivity contribution in [2.75, 3.05) is 33.4 Å². The molecule has 0 saturated carbocycles. The van der Waals surface area contributed by atoms with Crippen molar-refractivity contribution in [1.29, 1.82) is 0 Å². The predicted molar refractivity (Wildman–Crippen MR) is 50.6 cm³/mol. The Labute approximate surface area is 91.5 Å². The highest BCUT2D eigenvalue weighted by Crippen LogP contribution is 2.45. The number of likely N-dealkylation sites (tertiary alicyclic amines) is 1. The van der Waals surface area contributed by atoms with Crippen molar-refractivity contribution in [2.24, 2.45) is 11.1 Å². The van der Waals surface area contributed by atoms with E-state index < -0.39 is 24.1 Å². The standard InChI is InChI=1S/C9H15F3N2O2/c1-16-6-8(9(10,11)12)2-3-14(5-8)7(15)4-13/h2-6,13H2,1H3/t8-/m0/s1. The van der Waals surface area contributed by atoms with Gasteiger partial charge in [0.05, 0.1) is 13.2 Å². The molecule has 16 heavy (non-hydrogen) atoms. The fraction of sp³-hybridized carbons (Fsp3) is 0.889. The SMILES string of the molecule is COC[C@]1(C(F)(F)F)CCN(C(=O)CN)C1. The van der Waals surface area contributed by atoms with Crippen LogP contribution < -0.4 is 5.73 Å². The first-order valence-electron chi connectivity index (χ1n) is 4.90. The highest BCUT2D eigenvalue weighted by atomic mass is 19.4. The molecule has 0 spiro atoms. The lowest BCUT2D eigenvalue weighted by molar-refractivity contribution is -0.232. The van der Waals surface area contributed by atoms with Crippen molar-refractivity contribution in [3.8, 4) is 0 Å². The number of ether oxygens (including phenoxy) is 1. The van der Waals surface area contributed by atoms with E-state index in [1.54, 1.807) is 0 Å². The quantitative estimate of drug-likeness (QED) is 0.775. The second-order valence-corrected chi connectivity index (χ2v) is 3.98. The van der Waals surface area contributed by atoms with Crippen molar-refractivity contribution < 1.29 is 22.7 Å². The molecule has 0 aliphatic carbocycles. The number of carbonyl (C=O) groups excluding carboxylic acids is 1. The lowest BCUT2D eigenvalue weighted by Crippen LogP contribution is -2.45. The summed E-state index contributed by atoms with van der Waals surface area (Å²) in [6, 6.07) is 0. The molecule has 1 atom stereocenters. The topological polar surface area (TPSA) is 55.6 Å². The van der Waals surface area contributed by atoms with E-state index in [2.05, 4.69) is 4.74 Å². The Balaban J connectivity index is 2.80. The summed E-state index contributed by atoms with van der Waals surface area (Å²) >= 11 is 0. The molecule has 94 valence electrons. The van der Waals surface area contributed by atoms with Crippen LogP contribution in [0.25, 0.3) is 0 Å². The number of hydrogen-bond acceptors (Lipinski definition) is 3. The van der Waals surface area contributed by atoms with Gasteiger partial charge in [-0.2, -0.15) is 13.2 Å². The van der Waals surface area contributed by atoms with Crippen molar-refractivity contribution in [1.82, 2.24) is 4.90 Å². The third-order valence-electron chi connectivity index (χ3n) is 2.90. The fourth-order valence-corrected chi connectivity index (χ4v) is 1.92. The average Bonchev–Trinajstić information content (AvgIpc) is 2.62. The van der Waals surface area contributed by atoms with Crippen LogP contribution >= 0.6 is 0 Å².